The number of anilines is 1. The van der Waals surface area contributed by atoms with Gasteiger partial charge in [0.2, 0.25) is 5.95 Å². The number of imidazole rings is 1. The molecule has 142 valence electrons. The van der Waals surface area contributed by atoms with Crippen molar-refractivity contribution in [3.63, 3.8) is 0 Å². The Bertz CT molecular complexity index is 805. The molecular formula is C16H22ClN5O4. The van der Waals surface area contributed by atoms with Gasteiger partial charge in [-0.05, 0) is 20.8 Å². The largest absolute Gasteiger partial charge is 0.466 e. The highest BCUT2D eigenvalue weighted by atomic mass is 35.5. The van der Waals surface area contributed by atoms with Crippen LogP contribution in [0.5, 0.6) is 0 Å². The zero-order valence-electron chi connectivity index (χ0n) is 14.9. The second-order valence-corrected chi connectivity index (χ2v) is 6.23. The molecule has 0 aliphatic heterocycles. The van der Waals surface area contributed by atoms with Crippen molar-refractivity contribution < 1.29 is 19.0 Å². The van der Waals surface area contributed by atoms with Gasteiger partial charge >= 0.3 is 5.97 Å². The van der Waals surface area contributed by atoms with Gasteiger partial charge < -0.3 is 24.5 Å². The molecule has 0 unspecified atom stereocenters. The number of ether oxygens (including phenoxy) is 3. The summed E-state index contributed by atoms with van der Waals surface area (Å²) in [6, 6.07) is -0.303. The molecule has 1 aliphatic rings. The number of nitrogens with two attached hydrogens (primary N) is 1. The highest BCUT2D eigenvalue weighted by Crippen LogP contribution is 2.52. The highest BCUT2D eigenvalue weighted by molar-refractivity contribution is 6.33. The van der Waals surface area contributed by atoms with Crippen LogP contribution in [0.2, 0.25) is 5.15 Å². The Morgan fingerprint density at radius 3 is 2.62 bits per heavy atom. The molecule has 3 rings (SSSR count). The standard InChI is InChI=1S/C16H22ClN5O4/c1-4-24-14(23)10-9(7-16(10,25-5-2)26-6-3)22-8-19-11-12(17)20-15(18)21-13(11)22/h8-10H,4-7H2,1-3H3,(H2,18,20,21)/t9-,10+/m1/s1. The lowest BCUT2D eigenvalue weighted by molar-refractivity contribution is -0.319. The van der Waals surface area contributed by atoms with Crippen LogP contribution in [0.3, 0.4) is 0 Å². The molecule has 26 heavy (non-hydrogen) atoms. The second-order valence-electron chi connectivity index (χ2n) is 5.88. The van der Waals surface area contributed by atoms with E-state index in [0.29, 0.717) is 30.8 Å². The Kier molecular flexibility index (Phi) is 5.31. The first-order chi connectivity index (χ1) is 12.5. The van der Waals surface area contributed by atoms with E-state index >= 15 is 0 Å². The summed E-state index contributed by atoms with van der Waals surface area (Å²) in [6.07, 6.45) is 2.02. The summed E-state index contributed by atoms with van der Waals surface area (Å²) in [5, 5.41) is 0.166. The van der Waals surface area contributed by atoms with Crippen LogP contribution in [-0.2, 0) is 19.0 Å². The Morgan fingerprint density at radius 1 is 1.31 bits per heavy atom. The van der Waals surface area contributed by atoms with Crippen molar-refractivity contribution in [2.24, 2.45) is 5.92 Å². The van der Waals surface area contributed by atoms with E-state index in [9.17, 15) is 4.79 Å². The normalized spacial score (nSPS) is 21.5. The van der Waals surface area contributed by atoms with E-state index < -0.39 is 11.7 Å². The van der Waals surface area contributed by atoms with Crippen molar-refractivity contribution >= 4 is 34.7 Å². The molecule has 0 aromatic carbocycles. The maximum atomic E-state index is 12.7. The molecule has 0 bridgehead atoms. The minimum absolute atomic E-state index is 0.0390. The summed E-state index contributed by atoms with van der Waals surface area (Å²) in [4.78, 5) is 25.1. The van der Waals surface area contributed by atoms with Crippen molar-refractivity contribution in [1.29, 1.82) is 0 Å². The molecular weight excluding hydrogens is 362 g/mol. The lowest BCUT2D eigenvalue weighted by Crippen LogP contribution is -2.61. The number of hydrogen-bond donors (Lipinski definition) is 1. The number of fused-ring (bicyclic) bond motifs is 1. The summed E-state index contributed by atoms with van der Waals surface area (Å²) in [5.74, 6) is -2.04. The Labute approximate surface area is 155 Å². The third kappa shape index (κ3) is 3.00. The number of esters is 1. The molecule has 10 heteroatoms. The number of hydrogen-bond acceptors (Lipinski definition) is 8. The summed E-state index contributed by atoms with van der Waals surface area (Å²) in [5.41, 5.74) is 6.60. The smallest absolute Gasteiger partial charge is 0.316 e. The van der Waals surface area contributed by atoms with E-state index in [0.717, 1.165) is 0 Å². The highest BCUT2D eigenvalue weighted by Gasteiger charge is 2.62. The maximum Gasteiger partial charge on any atom is 0.316 e. The fourth-order valence-corrected chi connectivity index (χ4v) is 3.68. The summed E-state index contributed by atoms with van der Waals surface area (Å²) in [7, 11) is 0. The summed E-state index contributed by atoms with van der Waals surface area (Å²) >= 11 is 6.10. The fraction of sp³-hybridized carbons (Fsp3) is 0.625. The van der Waals surface area contributed by atoms with E-state index in [2.05, 4.69) is 15.0 Å². The van der Waals surface area contributed by atoms with Crippen LogP contribution in [0.15, 0.2) is 6.33 Å². The quantitative estimate of drug-likeness (QED) is 0.438. The molecule has 2 aromatic heterocycles. The van der Waals surface area contributed by atoms with Gasteiger partial charge in [-0.15, -0.1) is 0 Å². The van der Waals surface area contributed by atoms with E-state index in [1.165, 1.54) is 0 Å². The van der Waals surface area contributed by atoms with Crippen LogP contribution in [0, 0.1) is 5.92 Å². The first kappa shape index (κ1) is 18.8. The molecule has 2 N–H and O–H groups in total. The average molecular weight is 384 g/mol. The third-order valence-electron chi connectivity index (χ3n) is 4.42. The Balaban J connectivity index is 2.03. The molecule has 2 atom stereocenters. The Hall–Kier alpha value is -1.97. The van der Waals surface area contributed by atoms with Gasteiger partial charge in [-0.25, -0.2) is 4.98 Å². The number of aromatic nitrogens is 4. The van der Waals surface area contributed by atoms with Gasteiger partial charge in [-0.2, -0.15) is 9.97 Å². The molecule has 1 saturated carbocycles. The number of nitrogens with zero attached hydrogens (tertiary/aromatic N) is 4. The zero-order chi connectivity index (χ0) is 18.9. The second kappa shape index (κ2) is 7.34. The monoisotopic (exact) mass is 383 g/mol. The Morgan fingerprint density at radius 2 is 2.00 bits per heavy atom. The number of nitrogen functional groups attached to an aromatic ring is 1. The predicted molar refractivity (Wildman–Crippen MR) is 94.5 cm³/mol. The molecule has 1 fully saturated rings. The minimum atomic E-state index is -1.03. The third-order valence-corrected chi connectivity index (χ3v) is 4.69. The van der Waals surface area contributed by atoms with Gasteiger partial charge in [0.1, 0.15) is 11.4 Å². The minimum Gasteiger partial charge on any atom is -0.466 e. The molecule has 0 radical (unpaired) electrons. The number of halogens is 1. The molecule has 0 saturated heterocycles. The first-order valence-electron chi connectivity index (χ1n) is 8.57. The van der Waals surface area contributed by atoms with Gasteiger partial charge in [0.05, 0.1) is 19.0 Å². The van der Waals surface area contributed by atoms with Crippen LogP contribution >= 0.6 is 11.6 Å². The lowest BCUT2D eigenvalue weighted by atomic mass is 9.72. The lowest BCUT2D eigenvalue weighted by Gasteiger charge is -2.52. The van der Waals surface area contributed by atoms with Crippen LogP contribution in [-0.4, -0.2) is 51.1 Å². The zero-order valence-corrected chi connectivity index (χ0v) is 15.7. The average Bonchev–Trinajstić information content (AvgIpc) is 2.96. The van der Waals surface area contributed by atoms with Gasteiger partial charge in [0, 0.05) is 19.6 Å². The molecule has 9 nitrogen and oxygen atoms in total. The summed E-state index contributed by atoms with van der Waals surface area (Å²) < 4.78 is 18.7. The van der Waals surface area contributed by atoms with Gasteiger partial charge in [-0.1, -0.05) is 11.6 Å². The summed E-state index contributed by atoms with van der Waals surface area (Å²) in [6.45, 7) is 6.56. The van der Waals surface area contributed by atoms with Crippen LogP contribution < -0.4 is 5.73 Å². The molecule has 0 spiro atoms. The number of carbonyl (C=O) groups excluding carboxylic acids is 1. The van der Waals surface area contributed by atoms with E-state index in [4.69, 9.17) is 31.5 Å². The van der Waals surface area contributed by atoms with Gasteiger partial charge in [0.25, 0.3) is 0 Å². The van der Waals surface area contributed by atoms with Gasteiger partial charge in [0.15, 0.2) is 16.6 Å². The number of carbonyl (C=O) groups is 1. The van der Waals surface area contributed by atoms with Crippen molar-refractivity contribution in [1.82, 2.24) is 19.5 Å². The molecule has 1 aliphatic carbocycles. The SMILES string of the molecule is CCOC(=O)[C@@H]1[C@H](n2cnc3c(Cl)nc(N)nc32)CC1(OCC)OCC. The molecule has 0 amide bonds. The topological polar surface area (TPSA) is 114 Å². The van der Waals surface area contributed by atoms with Crippen molar-refractivity contribution in [2.75, 3.05) is 25.6 Å². The van der Waals surface area contributed by atoms with Crippen LogP contribution in [0.1, 0.15) is 33.2 Å². The van der Waals surface area contributed by atoms with Crippen molar-refractivity contribution in [3.05, 3.63) is 11.5 Å². The van der Waals surface area contributed by atoms with E-state index in [-0.39, 0.29) is 29.7 Å². The van der Waals surface area contributed by atoms with E-state index in [1.807, 2.05) is 13.8 Å². The number of rotatable bonds is 7. The van der Waals surface area contributed by atoms with Crippen molar-refractivity contribution in [2.45, 2.75) is 39.0 Å². The van der Waals surface area contributed by atoms with Gasteiger partial charge in [-0.3, -0.25) is 4.79 Å². The van der Waals surface area contributed by atoms with Crippen molar-refractivity contribution in [3.8, 4) is 0 Å². The maximum absolute atomic E-state index is 12.7. The predicted octanol–water partition coefficient (Wildman–Crippen LogP) is 1.96. The first-order valence-corrected chi connectivity index (χ1v) is 8.95. The van der Waals surface area contributed by atoms with Crippen LogP contribution in [0.4, 0.5) is 5.95 Å². The fourth-order valence-electron chi connectivity index (χ4n) is 3.46. The molecule has 2 heterocycles. The van der Waals surface area contributed by atoms with E-state index in [1.54, 1.807) is 17.8 Å². The molecule has 2 aromatic rings. The van der Waals surface area contributed by atoms with Crippen LogP contribution in [0.25, 0.3) is 11.2 Å².